The molecule has 1 saturated heterocycles. The summed E-state index contributed by atoms with van der Waals surface area (Å²) in [5.74, 6) is 0.398. The highest BCUT2D eigenvalue weighted by Gasteiger charge is 2.18. The number of rotatable bonds is 6. The van der Waals surface area contributed by atoms with Crippen LogP contribution < -0.4 is 5.32 Å². The Morgan fingerprint density at radius 3 is 2.45 bits per heavy atom. The van der Waals surface area contributed by atoms with Crippen LogP contribution in [0.25, 0.3) is 0 Å². The molecule has 2 aromatic rings. The van der Waals surface area contributed by atoms with Crippen molar-refractivity contribution in [1.82, 2.24) is 10.2 Å². The molecule has 7 heteroatoms. The molecule has 2 aromatic carbocycles. The molecule has 1 fully saturated rings. The molecule has 0 atom stereocenters. The number of nitrogens with zero attached hydrogens (tertiary/aromatic N) is 1. The molecule has 1 aliphatic rings. The predicted molar refractivity (Wildman–Crippen MR) is 116 cm³/mol. The number of piperidine rings is 1. The standard InChI is InChI=1S/C22H27ClN2O3S/c1-16-9-11-25(12-10-16)15-18-6-4-3-5-17(18)14-24-22(26)20-13-19(29(2,27)28)7-8-21(20)23/h3-8,13,16H,9-12,14-15H2,1-2H3,(H,24,26). The Kier molecular flexibility index (Phi) is 6.98. The van der Waals surface area contributed by atoms with E-state index in [1.165, 1.54) is 36.6 Å². The Bertz CT molecular complexity index is 983. The van der Waals surface area contributed by atoms with Crippen LogP contribution in [0.4, 0.5) is 0 Å². The van der Waals surface area contributed by atoms with Crippen LogP contribution in [0.1, 0.15) is 41.3 Å². The second kappa shape index (κ2) is 9.28. The van der Waals surface area contributed by atoms with Crippen LogP contribution in [0.2, 0.25) is 5.02 Å². The minimum atomic E-state index is -3.41. The quantitative estimate of drug-likeness (QED) is 0.748. The summed E-state index contributed by atoms with van der Waals surface area (Å²) in [6.07, 6.45) is 3.54. The van der Waals surface area contributed by atoms with Gasteiger partial charge in [-0.25, -0.2) is 8.42 Å². The zero-order valence-electron chi connectivity index (χ0n) is 16.8. The number of halogens is 1. The van der Waals surface area contributed by atoms with E-state index < -0.39 is 9.84 Å². The van der Waals surface area contributed by atoms with E-state index in [-0.39, 0.29) is 21.4 Å². The van der Waals surface area contributed by atoms with Gasteiger partial charge in [0, 0.05) is 19.3 Å². The van der Waals surface area contributed by atoms with Gasteiger partial charge in [0.15, 0.2) is 9.84 Å². The molecule has 0 aromatic heterocycles. The summed E-state index contributed by atoms with van der Waals surface area (Å²) in [6, 6.07) is 12.3. The van der Waals surface area contributed by atoms with Crippen molar-refractivity contribution in [1.29, 1.82) is 0 Å². The van der Waals surface area contributed by atoms with Gasteiger partial charge in [-0.2, -0.15) is 0 Å². The number of likely N-dealkylation sites (tertiary alicyclic amines) is 1. The van der Waals surface area contributed by atoms with E-state index in [2.05, 4.69) is 23.2 Å². The van der Waals surface area contributed by atoms with Crippen LogP contribution in [0.15, 0.2) is 47.4 Å². The summed E-state index contributed by atoms with van der Waals surface area (Å²) < 4.78 is 23.5. The van der Waals surface area contributed by atoms with Crippen LogP contribution in [0.3, 0.4) is 0 Å². The number of nitrogens with one attached hydrogen (secondary N) is 1. The lowest BCUT2D eigenvalue weighted by Crippen LogP contribution is -2.33. The zero-order chi connectivity index (χ0) is 21.0. The number of amides is 1. The van der Waals surface area contributed by atoms with Crippen LogP contribution in [-0.2, 0) is 22.9 Å². The fourth-order valence-corrected chi connectivity index (χ4v) is 4.38. The van der Waals surface area contributed by atoms with E-state index in [4.69, 9.17) is 11.6 Å². The third kappa shape index (κ3) is 5.81. The second-order valence-electron chi connectivity index (χ2n) is 7.82. The molecule has 1 N–H and O–H groups in total. The molecule has 0 saturated carbocycles. The summed E-state index contributed by atoms with van der Waals surface area (Å²) in [4.78, 5) is 15.2. The lowest BCUT2D eigenvalue weighted by molar-refractivity contribution is 0.0950. The SMILES string of the molecule is CC1CCN(Cc2ccccc2CNC(=O)c2cc(S(C)(=O)=O)ccc2Cl)CC1. The monoisotopic (exact) mass is 434 g/mol. The molecule has 0 spiro atoms. The number of sulfone groups is 1. The first-order valence-electron chi connectivity index (χ1n) is 9.81. The van der Waals surface area contributed by atoms with E-state index in [0.717, 1.165) is 37.4 Å². The van der Waals surface area contributed by atoms with Crippen molar-refractivity contribution >= 4 is 27.3 Å². The Balaban J connectivity index is 1.70. The average Bonchev–Trinajstić information content (AvgIpc) is 2.68. The van der Waals surface area contributed by atoms with Crippen molar-refractivity contribution < 1.29 is 13.2 Å². The van der Waals surface area contributed by atoms with E-state index in [9.17, 15) is 13.2 Å². The maximum Gasteiger partial charge on any atom is 0.253 e. The van der Waals surface area contributed by atoms with Crippen molar-refractivity contribution in [2.24, 2.45) is 5.92 Å². The normalized spacial score (nSPS) is 16.0. The Hall–Kier alpha value is -1.89. The third-order valence-electron chi connectivity index (χ3n) is 5.44. The molecule has 0 unspecified atom stereocenters. The molecule has 5 nitrogen and oxygen atoms in total. The molecule has 3 rings (SSSR count). The van der Waals surface area contributed by atoms with Gasteiger partial charge in [-0.05, 0) is 61.2 Å². The van der Waals surface area contributed by atoms with Gasteiger partial charge in [-0.3, -0.25) is 9.69 Å². The van der Waals surface area contributed by atoms with E-state index in [1.54, 1.807) is 0 Å². The zero-order valence-corrected chi connectivity index (χ0v) is 18.4. The molecule has 29 heavy (non-hydrogen) atoms. The van der Waals surface area contributed by atoms with Crippen LogP contribution in [-0.4, -0.2) is 38.6 Å². The first-order chi connectivity index (χ1) is 13.7. The van der Waals surface area contributed by atoms with Crippen LogP contribution in [0, 0.1) is 5.92 Å². The largest absolute Gasteiger partial charge is 0.348 e. The summed E-state index contributed by atoms with van der Waals surface area (Å²) in [5, 5.41) is 3.11. The van der Waals surface area contributed by atoms with Crippen LogP contribution >= 0.6 is 11.6 Å². The van der Waals surface area contributed by atoms with Crippen molar-refractivity contribution in [2.45, 2.75) is 37.8 Å². The van der Waals surface area contributed by atoms with Gasteiger partial charge < -0.3 is 5.32 Å². The number of carbonyl (C=O) groups is 1. The number of hydrogen-bond donors (Lipinski definition) is 1. The van der Waals surface area contributed by atoms with Gasteiger partial charge in [0.2, 0.25) is 0 Å². The van der Waals surface area contributed by atoms with Crippen molar-refractivity contribution in [3.63, 3.8) is 0 Å². The van der Waals surface area contributed by atoms with Gasteiger partial charge in [0.05, 0.1) is 15.5 Å². The maximum absolute atomic E-state index is 12.7. The van der Waals surface area contributed by atoms with Crippen LogP contribution in [0.5, 0.6) is 0 Å². The summed E-state index contributed by atoms with van der Waals surface area (Å²) in [6.45, 7) is 5.71. The van der Waals surface area contributed by atoms with E-state index in [0.29, 0.717) is 6.54 Å². The van der Waals surface area contributed by atoms with Crippen molar-refractivity contribution in [3.05, 3.63) is 64.2 Å². The highest BCUT2D eigenvalue weighted by molar-refractivity contribution is 7.90. The highest BCUT2D eigenvalue weighted by Crippen LogP contribution is 2.22. The Morgan fingerprint density at radius 2 is 1.79 bits per heavy atom. The van der Waals surface area contributed by atoms with Gasteiger partial charge in [0.25, 0.3) is 5.91 Å². The summed E-state index contributed by atoms with van der Waals surface area (Å²) >= 11 is 6.13. The first kappa shape index (κ1) is 21.8. The van der Waals surface area contributed by atoms with Gasteiger partial charge in [-0.1, -0.05) is 42.8 Å². The van der Waals surface area contributed by atoms with Crippen molar-refractivity contribution in [2.75, 3.05) is 19.3 Å². The second-order valence-corrected chi connectivity index (χ2v) is 10.2. The molecule has 156 valence electrons. The molecule has 0 radical (unpaired) electrons. The smallest absolute Gasteiger partial charge is 0.253 e. The molecule has 0 aliphatic carbocycles. The Morgan fingerprint density at radius 1 is 1.14 bits per heavy atom. The molecule has 1 heterocycles. The Labute approximate surface area is 178 Å². The number of hydrogen-bond acceptors (Lipinski definition) is 4. The molecule has 1 aliphatic heterocycles. The lowest BCUT2D eigenvalue weighted by atomic mass is 9.98. The number of carbonyl (C=O) groups excluding carboxylic acids is 1. The maximum atomic E-state index is 12.7. The first-order valence-corrected chi connectivity index (χ1v) is 12.1. The molecule has 1 amide bonds. The van der Waals surface area contributed by atoms with E-state index >= 15 is 0 Å². The average molecular weight is 435 g/mol. The van der Waals surface area contributed by atoms with Gasteiger partial charge >= 0.3 is 0 Å². The minimum Gasteiger partial charge on any atom is -0.348 e. The molecular weight excluding hydrogens is 408 g/mol. The van der Waals surface area contributed by atoms with E-state index in [1.807, 2.05) is 18.2 Å². The summed E-state index contributed by atoms with van der Waals surface area (Å²) in [5.41, 5.74) is 2.41. The molecule has 0 bridgehead atoms. The minimum absolute atomic E-state index is 0.0757. The van der Waals surface area contributed by atoms with Gasteiger partial charge in [0.1, 0.15) is 0 Å². The molecular formula is C22H27ClN2O3S. The topological polar surface area (TPSA) is 66.5 Å². The van der Waals surface area contributed by atoms with Crippen molar-refractivity contribution in [3.8, 4) is 0 Å². The number of benzene rings is 2. The lowest BCUT2D eigenvalue weighted by Gasteiger charge is -2.30. The highest BCUT2D eigenvalue weighted by atomic mass is 35.5. The fourth-order valence-electron chi connectivity index (χ4n) is 3.53. The van der Waals surface area contributed by atoms with Gasteiger partial charge in [-0.15, -0.1) is 0 Å². The fraction of sp³-hybridized carbons (Fsp3) is 0.409. The third-order valence-corrected chi connectivity index (χ3v) is 6.88. The summed E-state index contributed by atoms with van der Waals surface area (Å²) in [7, 11) is -3.41. The predicted octanol–water partition coefficient (Wildman–Crippen LogP) is 3.91.